The third kappa shape index (κ3) is 2.12. The Labute approximate surface area is 118 Å². The van der Waals surface area contributed by atoms with Crippen LogP contribution in [0.25, 0.3) is 0 Å². The first-order valence-corrected chi connectivity index (χ1v) is 7.17. The maximum Gasteiger partial charge on any atom is 0.310 e. The van der Waals surface area contributed by atoms with Crippen molar-refractivity contribution in [1.82, 2.24) is 4.90 Å². The maximum absolute atomic E-state index is 13.5. The van der Waals surface area contributed by atoms with Crippen molar-refractivity contribution in [2.24, 2.45) is 5.92 Å². The first kappa shape index (κ1) is 13.6. The number of carbonyl (C=O) groups is 1. The van der Waals surface area contributed by atoms with Crippen LogP contribution in [0, 0.1) is 11.7 Å². The van der Waals surface area contributed by atoms with E-state index < -0.39 is 0 Å². The van der Waals surface area contributed by atoms with Crippen LogP contribution in [0.15, 0.2) is 24.3 Å². The third-order valence-corrected chi connectivity index (χ3v) is 5.02. The predicted octanol–water partition coefficient (Wildman–Crippen LogP) is 2.57. The maximum atomic E-state index is 13.5. The van der Waals surface area contributed by atoms with E-state index in [9.17, 15) is 9.18 Å². The molecular formula is C16H20FNO2. The van der Waals surface area contributed by atoms with Crippen molar-refractivity contribution in [3.63, 3.8) is 0 Å². The number of hydrogen-bond acceptors (Lipinski definition) is 3. The molecule has 108 valence electrons. The second-order valence-electron chi connectivity index (χ2n) is 5.91. The summed E-state index contributed by atoms with van der Waals surface area (Å²) in [5.41, 5.74) is 0.922. The average molecular weight is 277 g/mol. The fourth-order valence-electron chi connectivity index (χ4n) is 4.00. The Kier molecular flexibility index (Phi) is 3.50. The van der Waals surface area contributed by atoms with Crippen LogP contribution in [0.3, 0.4) is 0 Å². The number of carbonyl (C=O) groups excluding carboxylic acids is 1. The number of rotatable bonds is 2. The van der Waals surface area contributed by atoms with Crippen LogP contribution in [0.1, 0.15) is 30.7 Å². The lowest BCUT2D eigenvalue weighted by molar-refractivity contribution is -0.150. The number of piperidine rings is 1. The minimum atomic E-state index is -0.239. The van der Waals surface area contributed by atoms with Gasteiger partial charge in [0.25, 0.3) is 0 Å². The third-order valence-electron chi connectivity index (χ3n) is 5.02. The summed E-state index contributed by atoms with van der Waals surface area (Å²) in [4.78, 5) is 14.5. The number of fused-ring (bicyclic) bond motifs is 2. The van der Waals surface area contributed by atoms with Gasteiger partial charge in [-0.2, -0.15) is 0 Å². The van der Waals surface area contributed by atoms with Gasteiger partial charge in [0, 0.05) is 18.0 Å². The normalized spacial score (nSPS) is 33.1. The molecule has 2 bridgehead atoms. The summed E-state index contributed by atoms with van der Waals surface area (Å²) in [6, 6.07) is 7.36. The number of esters is 1. The highest BCUT2D eigenvalue weighted by Gasteiger charge is 2.49. The molecule has 0 aliphatic carbocycles. The van der Waals surface area contributed by atoms with Gasteiger partial charge in [-0.05, 0) is 44.0 Å². The molecule has 0 spiro atoms. The number of benzene rings is 1. The smallest absolute Gasteiger partial charge is 0.310 e. The van der Waals surface area contributed by atoms with E-state index in [2.05, 4.69) is 11.9 Å². The molecule has 3 nitrogen and oxygen atoms in total. The first-order valence-electron chi connectivity index (χ1n) is 7.17. The summed E-state index contributed by atoms with van der Waals surface area (Å²) in [6.07, 6.45) is 3.03. The number of nitrogens with zero attached hydrogens (tertiary/aromatic N) is 1. The molecule has 0 aromatic heterocycles. The van der Waals surface area contributed by atoms with E-state index in [0.717, 1.165) is 24.8 Å². The quantitative estimate of drug-likeness (QED) is 0.778. The van der Waals surface area contributed by atoms with Gasteiger partial charge in [0.05, 0.1) is 13.0 Å². The fraction of sp³-hybridized carbons (Fsp3) is 0.562. The molecule has 2 heterocycles. The van der Waals surface area contributed by atoms with Crippen LogP contribution in [-0.2, 0) is 9.53 Å². The summed E-state index contributed by atoms with van der Waals surface area (Å²) in [5.74, 6) is -0.536. The molecule has 3 rings (SSSR count). The minimum Gasteiger partial charge on any atom is -0.469 e. The first-order chi connectivity index (χ1) is 9.61. The fourth-order valence-corrected chi connectivity index (χ4v) is 4.00. The Hall–Kier alpha value is -1.42. The zero-order chi connectivity index (χ0) is 14.3. The number of methoxy groups -OCH3 is 1. The molecule has 20 heavy (non-hydrogen) atoms. The second kappa shape index (κ2) is 5.17. The molecule has 0 saturated carbocycles. The number of halogens is 1. The Morgan fingerprint density at radius 2 is 2.20 bits per heavy atom. The molecule has 2 fully saturated rings. The van der Waals surface area contributed by atoms with Gasteiger partial charge in [-0.3, -0.25) is 9.69 Å². The molecule has 2 saturated heterocycles. The van der Waals surface area contributed by atoms with Crippen molar-refractivity contribution in [3.8, 4) is 0 Å². The lowest BCUT2D eigenvalue weighted by Gasteiger charge is -2.41. The van der Waals surface area contributed by atoms with Crippen LogP contribution in [-0.4, -0.2) is 37.1 Å². The van der Waals surface area contributed by atoms with Crippen molar-refractivity contribution in [2.45, 2.75) is 37.3 Å². The molecular weight excluding hydrogens is 257 g/mol. The highest BCUT2D eigenvalue weighted by Crippen LogP contribution is 2.46. The standard InChI is InChI=1S/C16H20FNO2/c1-18-12-6-7-14(18)15(16(19)20-2)13(9-12)10-4-3-5-11(17)8-10/h3-5,8,12-15H,6-7,9H2,1-2H3. The van der Waals surface area contributed by atoms with Gasteiger partial charge in [0.15, 0.2) is 0 Å². The van der Waals surface area contributed by atoms with Crippen molar-refractivity contribution in [2.75, 3.05) is 14.2 Å². The van der Waals surface area contributed by atoms with E-state index in [1.165, 1.54) is 13.2 Å². The molecule has 2 aliphatic rings. The molecule has 4 unspecified atom stereocenters. The molecule has 0 radical (unpaired) electrons. The summed E-state index contributed by atoms with van der Waals surface area (Å²) in [5, 5.41) is 0. The zero-order valence-electron chi connectivity index (χ0n) is 11.9. The largest absolute Gasteiger partial charge is 0.469 e. The second-order valence-corrected chi connectivity index (χ2v) is 5.91. The van der Waals surface area contributed by atoms with E-state index in [1.54, 1.807) is 12.1 Å². The minimum absolute atomic E-state index is 0.0619. The zero-order valence-corrected chi connectivity index (χ0v) is 11.9. The van der Waals surface area contributed by atoms with Gasteiger partial charge in [-0.25, -0.2) is 4.39 Å². The highest BCUT2D eigenvalue weighted by molar-refractivity contribution is 5.75. The topological polar surface area (TPSA) is 29.5 Å². The van der Waals surface area contributed by atoms with Crippen molar-refractivity contribution in [1.29, 1.82) is 0 Å². The molecule has 0 N–H and O–H groups in total. The SMILES string of the molecule is COC(=O)C1C(c2cccc(F)c2)CC2CCC1N2C. The van der Waals surface area contributed by atoms with Crippen LogP contribution < -0.4 is 0 Å². The summed E-state index contributed by atoms with van der Waals surface area (Å²) >= 11 is 0. The Balaban J connectivity index is 1.97. The predicted molar refractivity (Wildman–Crippen MR) is 73.8 cm³/mol. The molecule has 1 aromatic carbocycles. The van der Waals surface area contributed by atoms with E-state index in [1.807, 2.05) is 6.07 Å². The Morgan fingerprint density at radius 3 is 2.90 bits per heavy atom. The van der Waals surface area contributed by atoms with Crippen LogP contribution in [0.5, 0.6) is 0 Å². The molecule has 0 amide bonds. The van der Waals surface area contributed by atoms with E-state index in [0.29, 0.717) is 6.04 Å². The molecule has 4 atom stereocenters. The van der Waals surface area contributed by atoms with E-state index in [4.69, 9.17) is 4.74 Å². The molecule has 4 heteroatoms. The van der Waals surface area contributed by atoms with Gasteiger partial charge in [-0.1, -0.05) is 12.1 Å². The summed E-state index contributed by atoms with van der Waals surface area (Å²) in [6.45, 7) is 0. The highest BCUT2D eigenvalue weighted by atomic mass is 19.1. The van der Waals surface area contributed by atoms with Crippen LogP contribution in [0.4, 0.5) is 4.39 Å². The van der Waals surface area contributed by atoms with Crippen molar-refractivity contribution in [3.05, 3.63) is 35.6 Å². The van der Waals surface area contributed by atoms with Crippen molar-refractivity contribution < 1.29 is 13.9 Å². The number of ether oxygens (including phenoxy) is 1. The van der Waals surface area contributed by atoms with Gasteiger partial charge in [0.1, 0.15) is 5.82 Å². The summed E-state index contributed by atoms with van der Waals surface area (Å²) < 4.78 is 18.5. The Bertz CT molecular complexity index is 519. The van der Waals surface area contributed by atoms with Gasteiger partial charge in [-0.15, -0.1) is 0 Å². The van der Waals surface area contributed by atoms with Crippen LogP contribution in [0.2, 0.25) is 0 Å². The lowest BCUT2D eigenvalue weighted by atomic mass is 9.76. The lowest BCUT2D eigenvalue weighted by Crippen LogP contribution is -2.49. The van der Waals surface area contributed by atoms with E-state index >= 15 is 0 Å². The number of hydrogen-bond donors (Lipinski definition) is 0. The van der Waals surface area contributed by atoms with Crippen LogP contribution >= 0.6 is 0 Å². The van der Waals surface area contributed by atoms with Crippen molar-refractivity contribution >= 4 is 5.97 Å². The summed E-state index contributed by atoms with van der Waals surface area (Å²) in [7, 11) is 3.52. The monoisotopic (exact) mass is 277 g/mol. The van der Waals surface area contributed by atoms with Gasteiger partial charge >= 0.3 is 5.97 Å². The molecule has 1 aromatic rings. The molecule has 2 aliphatic heterocycles. The Morgan fingerprint density at radius 1 is 1.40 bits per heavy atom. The van der Waals surface area contributed by atoms with E-state index in [-0.39, 0.29) is 29.7 Å². The van der Waals surface area contributed by atoms with Gasteiger partial charge < -0.3 is 4.74 Å². The van der Waals surface area contributed by atoms with Gasteiger partial charge in [0.2, 0.25) is 0 Å². The average Bonchev–Trinajstić information content (AvgIpc) is 2.69.